The lowest BCUT2D eigenvalue weighted by Crippen LogP contribution is -2.34. The third-order valence-corrected chi connectivity index (χ3v) is 4.47. The highest BCUT2D eigenvalue weighted by atomic mass is 16.5. The van der Waals surface area contributed by atoms with Crippen LogP contribution in [0.3, 0.4) is 0 Å². The number of hydrogen-bond donors (Lipinski definition) is 1. The van der Waals surface area contributed by atoms with Gasteiger partial charge >= 0.3 is 6.03 Å². The van der Waals surface area contributed by atoms with Crippen LogP contribution in [-0.2, 0) is 0 Å². The van der Waals surface area contributed by atoms with Crippen LogP contribution in [0.25, 0.3) is 0 Å². The van der Waals surface area contributed by atoms with Crippen molar-refractivity contribution in [3.8, 4) is 0 Å². The van der Waals surface area contributed by atoms with Gasteiger partial charge in [0.05, 0.1) is 0 Å². The first-order valence-corrected chi connectivity index (χ1v) is 8.18. The SMILES string of the molecule is Cc1cccc(NC(=O)N2CCCC2c2nc(C3CC3)no2)c1. The quantitative estimate of drug-likeness (QED) is 0.939. The van der Waals surface area contributed by atoms with Crippen LogP contribution in [0, 0.1) is 6.92 Å². The first-order valence-electron chi connectivity index (χ1n) is 8.18. The van der Waals surface area contributed by atoms with Crippen LogP contribution in [0.5, 0.6) is 0 Å². The predicted octanol–water partition coefficient (Wildman–Crippen LogP) is 3.62. The Morgan fingerprint density at radius 1 is 1.35 bits per heavy atom. The fraction of sp³-hybridized carbons (Fsp3) is 0.471. The van der Waals surface area contributed by atoms with Gasteiger partial charge in [0.1, 0.15) is 6.04 Å². The minimum absolute atomic E-state index is 0.107. The maximum Gasteiger partial charge on any atom is 0.322 e. The van der Waals surface area contributed by atoms with E-state index < -0.39 is 0 Å². The van der Waals surface area contributed by atoms with E-state index in [1.165, 1.54) is 0 Å². The van der Waals surface area contributed by atoms with Crippen LogP contribution in [0.15, 0.2) is 28.8 Å². The molecule has 6 heteroatoms. The van der Waals surface area contributed by atoms with E-state index in [1.807, 2.05) is 31.2 Å². The fourth-order valence-corrected chi connectivity index (χ4v) is 3.07. The smallest absolute Gasteiger partial charge is 0.322 e. The summed E-state index contributed by atoms with van der Waals surface area (Å²) in [7, 11) is 0. The molecule has 0 radical (unpaired) electrons. The van der Waals surface area contributed by atoms with Gasteiger partial charge in [0.15, 0.2) is 5.82 Å². The molecule has 6 nitrogen and oxygen atoms in total. The molecule has 2 heterocycles. The molecule has 2 amide bonds. The zero-order chi connectivity index (χ0) is 15.8. The topological polar surface area (TPSA) is 71.3 Å². The van der Waals surface area contributed by atoms with Crippen molar-refractivity contribution in [1.29, 1.82) is 0 Å². The zero-order valence-corrected chi connectivity index (χ0v) is 13.2. The Labute approximate surface area is 134 Å². The average molecular weight is 312 g/mol. The molecule has 1 aromatic carbocycles. The van der Waals surface area contributed by atoms with E-state index in [2.05, 4.69) is 15.5 Å². The van der Waals surface area contributed by atoms with Crippen LogP contribution >= 0.6 is 0 Å². The molecule has 1 saturated carbocycles. The van der Waals surface area contributed by atoms with E-state index in [4.69, 9.17) is 4.52 Å². The molecule has 2 aliphatic rings. The van der Waals surface area contributed by atoms with Crippen molar-refractivity contribution in [2.45, 2.75) is 44.6 Å². The molecular formula is C17H20N4O2. The Hall–Kier alpha value is -2.37. The monoisotopic (exact) mass is 312 g/mol. The van der Waals surface area contributed by atoms with E-state index >= 15 is 0 Å². The van der Waals surface area contributed by atoms with Crippen molar-refractivity contribution in [3.05, 3.63) is 41.5 Å². The first-order chi connectivity index (χ1) is 11.2. The van der Waals surface area contributed by atoms with Crippen molar-refractivity contribution in [2.75, 3.05) is 11.9 Å². The highest BCUT2D eigenvalue weighted by Crippen LogP contribution is 2.39. The van der Waals surface area contributed by atoms with Crippen molar-refractivity contribution in [3.63, 3.8) is 0 Å². The molecule has 2 fully saturated rings. The number of urea groups is 1. The number of likely N-dealkylation sites (tertiary alicyclic amines) is 1. The van der Waals surface area contributed by atoms with Gasteiger partial charge in [-0.15, -0.1) is 0 Å². The Kier molecular flexibility index (Phi) is 3.52. The van der Waals surface area contributed by atoms with Crippen LogP contribution in [-0.4, -0.2) is 27.6 Å². The van der Waals surface area contributed by atoms with Gasteiger partial charge in [0.2, 0.25) is 5.89 Å². The van der Waals surface area contributed by atoms with Gasteiger partial charge < -0.3 is 14.7 Å². The van der Waals surface area contributed by atoms with Gasteiger partial charge in [-0.05, 0) is 50.3 Å². The van der Waals surface area contributed by atoms with Gasteiger partial charge in [-0.1, -0.05) is 17.3 Å². The number of carbonyl (C=O) groups excluding carboxylic acids is 1. The molecule has 1 unspecified atom stereocenters. The largest absolute Gasteiger partial charge is 0.337 e. The Morgan fingerprint density at radius 3 is 3.00 bits per heavy atom. The van der Waals surface area contributed by atoms with E-state index in [9.17, 15) is 4.79 Å². The molecule has 1 aliphatic carbocycles. The molecule has 2 aromatic rings. The van der Waals surface area contributed by atoms with Gasteiger partial charge in [0, 0.05) is 18.2 Å². The number of anilines is 1. The summed E-state index contributed by atoms with van der Waals surface area (Å²) in [5.41, 5.74) is 1.93. The summed E-state index contributed by atoms with van der Waals surface area (Å²) in [6.45, 7) is 2.72. The molecule has 1 aliphatic heterocycles. The summed E-state index contributed by atoms with van der Waals surface area (Å²) in [6, 6.07) is 7.58. The fourth-order valence-electron chi connectivity index (χ4n) is 3.07. The van der Waals surface area contributed by atoms with Gasteiger partial charge in [-0.25, -0.2) is 4.79 Å². The molecule has 4 rings (SSSR count). The lowest BCUT2D eigenvalue weighted by atomic mass is 10.2. The highest BCUT2D eigenvalue weighted by Gasteiger charge is 2.36. The van der Waals surface area contributed by atoms with Crippen molar-refractivity contribution < 1.29 is 9.32 Å². The van der Waals surface area contributed by atoms with Crippen molar-refractivity contribution >= 4 is 11.7 Å². The first kappa shape index (κ1) is 14.2. The number of rotatable bonds is 3. The third-order valence-electron chi connectivity index (χ3n) is 4.47. The second-order valence-corrected chi connectivity index (χ2v) is 6.42. The molecule has 23 heavy (non-hydrogen) atoms. The molecule has 120 valence electrons. The van der Waals surface area contributed by atoms with Crippen LogP contribution < -0.4 is 5.32 Å². The molecule has 0 spiro atoms. The van der Waals surface area contributed by atoms with Crippen molar-refractivity contribution in [1.82, 2.24) is 15.0 Å². The number of amides is 2. The second-order valence-electron chi connectivity index (χ2n) is 6.42. The predicted molar refractivity (Wildman–Crippen MR) is 85.2 cm³/mol. The zero-order valence-electron chi connectivity index (χ0n) is 13.2. The number of carbonyl (C=O) groups is 1. The number of aromatic nitrogens is 2. The number of nitrogens with zero attached hydrogens (tertiary/aromatic N) is 3. The van der Waals surface area contributed by atoms with Crippen LogP contribution in [0.1, 0.15) is 54.9 Å². The Bertz CT molecular complexity index is 723. The third kappa shape index (κ3) is 2.93. The molecule has 1 atom stereocenters. The average Bonchev–Trinajstić information content (AvgIpc) is 3.08. The normalized spacial score (nSPS) is 20.7. The number of hydrogen-bond acceptors (Lipinski definition) is 4. The maximum absolute atomic E-state index is 12.6. The minimum atomic E-state index is -0.111. The Balaban J connectivity index is 1.48. The summed E-state index contributed by atoms with van der Waals surface area (Å²) in [4.78, 5) is 18.9. The standard InChI is InChI=1S/C17H20N4O2/c1-11-4-2-5-13(10-11)18-17(22)21-9-3-6-14(21)16-19-15(20-23-16)12-7-8-12/h2,4-5,10,12,14H,3,6-9H2,1H3,(H,18,22). The minimum Gasteiger partial charge on any atom is -0.337 e. The molecule has 1 saturated heterocycles. The molecule has 0 bridgehead atoms. The van der Waals surface area contributed by atoms with E-state index in [0.717, 1.165) is 42.8 Å². The molecule has 1 N–H and O–H groups in total. The van der Waals surface area contributed by atoms with Gasteiger partial charge in [-0.3, -0.25) is 0 Å². The summed E-state index contributed by atoms with van der Waals surface area (Å²) in [5.74, 6) is 1.83. The van der Waals surface area contributed by atoms with E-state index in [-0.39, 0.29) is 12.1 Å². The molecular weight excluding hydrogens is 292 g/mol. The number of nitrogens with one attached hydrogen (secondary N) is 1. The molecule has 1 aromatic heterocycles. The number of aryl methyl sites for hydroxylation is 1. The van der Waals surface area contributed by atoms with E-state index in [0.29, 0.717) is 18.4 Å². The lowest BCUT2D eigenvalue weighted by Gasteiger charge is -2.22. The highest BCUT2D eigenvalue weighted by molar-refractivity contribution is 5.89. The maximum atomic E-state index is 12.6. The summed E-state index contributed by atoms with van der Waals surface area (Å²) in [5, 5.41) is 7.03. The summed E-state index contributed by atoms with van der Waals surface area (Å²) >= 11 is 0. The van der Waals surface area contributed by atoms with Crippen LogP contribution in [0.4, 0.5) is 10.5 Å². The number of benzene rings is 1. The lowest BCUT2D eigenvalue weighted by molar-refractivity contribution is 0.193. The Morgan fingerprint density at radius 2 is 2.22 bits per heavy atom. The summed E-state index contributed by atoms with van der Waals surface area (Å²) in [6.07, 6.45) is 4.10. The van der Waals surface area contributed by atoms with Crippen LogP contribution in [0.2, 0.25) is 0 Å². The van der Waals surface area contributed by atoms with Gasteiger partial charge in [-0.2, -0.15) is 4.98 Å². The van der Waals surface area contributed by atoms with Gasteiger partial charge in [0.25, 0.3) is 0 Å². The van der Waals surface area contributed by atoms with E-state index in [1.54, 1.807) is 4.90 Å². The van der Waals surface area contributed by atoms with Crippen molar-refractivity contribution in [2.24, 2.45) is 0 Å². The second kappa shape index (κ2) is 5.68. The summed E-state index contributed by atoms with van der Waals surface area (Å²) < 4.78 is 5.42.